The molecule has 0 heterocycles. The second-order valence-corrected chi connectivity index (χ2v) is 6.08. The van der Waals surface area contributed by atoms with Gasteiger partial charge in [0.2, 0.25) is 0 Å². The van der Waals surface area contributed by atoms with Crippen molar-refractivity contribution < 1.29 is 4.79 Å². The lowest BCUT2D eigenvalue weighted by atomic mass is 10.1. The van der Waals surface area contributed by atoms with Gasteiger partial charge >= 0.3 is 6.03 Å². The van der Waals surface area contributed by atoms with E-state index in [1.807, 2.05) is 45.0 Å². The van der Waals surface area contributed by atoms with Gasteiger partial charge in [-0.2, -0.15) is 0 Å². The molecule has 2 amide bonds. The van der Waals surface area contributed by atoms with Crippen molar-refractivity contribution in [1.82, 2.24) is 5.32 Å². The molecular formula is C17H18Cl2N2O. The maximum absolute atomic E-state index is 12.1. The van der Waals surface area contributed by atoms with E-state index in [4.69, 9.17) is 23.2 Å². The minimum Gasteiger partial charge on any atom is -0.331 e. The summed E-state index contributed by atoms with van der Waals surface area (Å²) in [6.45, 7) is 5.86. The van der Waals surface area contributed by atoms with Crippen molar-refractivity contribution in [2.75, 3.05) is 5.32 Å². The number of amides is 2. The summed E-state index contributed by atoms with van der Waals surface area (Å²) in [7, 11) is 0. The van der Waals surface area contributed by atoms with Crippen LogP contribution in [0.1, 0.15) is 29.7 Å². The van der Waals surface area contributed by atoms with Crippen molar-refractivity contribution in [3.8, 4) is 0 Å². The fourth-order valence-electron chi connectivity index (χ4n) is 2.17. The standard InChI is InChI=1S/C17H18Cl2N2O/c1-10-5-4-6-16(11(10)2)21-17(22)20-12(3)14-8-7-13(18)9-15(14)19/h4-9,12H,1-3H3,(H2,20,21,22). The molecule has 0 saturated heterocycles. The topological polar surface area (TPSA) is 41.1 Å². The van der Waals surface area contributed by atoms with Crippen molar-refractivity contribution in [3.63, 3.8) is 0 Å². The molecule has 2 rings (SSSR count). The number of hydrogen-bond donors (Lipinski definition) is 2. The number of benzene rings is 2. The van der Waals surface area contributed by atoms with E-state index < -0.39 is 0 Å². The number of aryl methyl sites for hydroxylation is 1. The van der Waals surface area contributed by atoms with Crippen LogP contribution in [0.4, 0.5) is 10.5 Å². The number of urea groups is 1. The van der Waals surface area contributed by atoms with E-state index >= 15 is 0 Å². The Morgan fingerprint density at radius 2 is 1.86 bits per heavy atom. The summed E-state index contributed by atoms with van der Waals surface area (Å²) >= 11 is 12.0. The summed E-state index contributed by atoms with van der Waals surface area (Å²) in [5, 5.41) is 6.84. The SMILES string of the molecule is Cc1cccc(NC(=O)NC(C)c2ccc(Cl)cc2Cl)c1C. The third kappa shape index (κ3) is 3.93. The summed E-state index contributed by atoms with van der Waals surface area (Å²) < 4.78 is 0. The number of carbonyl (C=O) groups excluding carboxylic acids is 1. The van der Waals surface area contributed by atoms with Crippen LogP contribution >= 0.6 is 23.2 Å². The van der Waals surface area contributed by atoms with Crippen LogP contribution in [0, 0.1) is 13.8 Å². The fraction of sp³-hybridized carbons (Fsp3) is 0.235. The predicted octanol–water partition coefficient (Wildman–Crippen LogP) is 5.49. The van der Waals surface area contributed by atoms with Crippen molar-refractivity contribution >= 4 is 34.9 Å². The molecule has 0 aliphatic heterocycles. The second-order valence-electron chi connectivity index (χ2n) is 5.23. The molecule has 0 bridgehead atoms. The monoisotopic (exact) mass is 336 g/mol. The fourth-order valence-corrected chi connectivity index (χ4v) is 2.74. The Labute approximate surface area is 140 Å². The van der Waals surface area contributed by atoms with Crippen LogP contribution in [0.25, 0.3) is 0 Å². The van der Waals surface area contributed by atoms with E-state index in [1.165, 1.54) is 0 Å². The highest BCUT2D eigenvalue weighted by Crippen LogP contribution is 2.26. The van der Waals surface area contributed by atoms with Gasteiger partial charge in [-0.25, -0.2) is 4.79 Å². The molecular weight excluding hydrogens is 319 g/mol. The Balaban J connectivity index is 2.07. The zero-order valence-electron chi connectivity index (χ0n) is 12.7. The van der Waals surface area contributed by atoms with Gasteiger partial charge in [-0.1, -0.05) is 41.4 Å². The molecule has 2 N–H and O–H groups in total. The number of hydrogen-bond acceptors (Lipinski definition) is 1. The molecule has 1 unspecified atom stereocenters. The van der Waals surface area contributed by atoms with Crippen LogP contribution in [-0.2, 0) is 0 Å². The van der Waals surface area contributed by atoms with Gasteiger partial charge in [-0.3, -0.25) is 0 Å². The van der Waals surface area contributed by atoms with E-state index in [-0.39, 0.29) is 12.1 Å². The van der Waals surface area contributed by atoms with Gasteiger partial charge in [0.25, 0.3) is 0 Å². The molecule has 0 saturated carbocycles. The Hall–Kier alpha value is -1.71. The Kier molecular flexibility index (Phi) is 5.33. The molecule has 0 spiro atoms. The van der Waals surface area contributed by atoms with E-state index in [2.05, 4.69) is 10.6 Å². The maximum Gasteiger partial charge on any atom is 0.319 e. The molecule has 22 heavy (non-hydrogen) atoms. The lowest BCUT2D eigenvalue weighted by molar-refractivity contribution is 0.249. The number of anilines is 1. The van der Waals surface area contributed by atoms with E-state index in [0.29, 0.717) is 10.0 Å². The number of halogens is 2. The van der Waals surface area contributed by atoms with E-state index in [0.717, 1.165) is 22.4 Å². The summed E-state index contributed by atoms with van der Waals surface area (Å²) in [5.74, 6) is 0. The van der Waals surface area contributed by atoms with Crippen LogP contribution in [0.15, 0.2) is 36.4 Å². The maximum atomic E-state index is 12.1. The normalized spacial score (nSPS) is 11.9. The third-order valence-corrected chi connectivity index (χ3v) is 4.19. The van der Waals surface area contributed by atoms with Crippen LogP contribution in [0.5, 0.6) is 0 Å². The van der Waals surface area contributed by atoms with Crippen LogP contribution < -0.4 is 10.6 Å². The van der Waals surface area contributed by atoms with Gasteiger partial charge in [-0.05, 0) is 55.7 Å². The minimum atomic E-state index is -0.271. The Morgan fingerprint density at radius 3 is 2.55 bits per heavy atom. The van der Waals surface area contributed by atoms with Crippen molar-refractivity contribution in [2.24, 2.45) is 0 Å². The number of rotatable bonds is 3. The first-order valence-electron chi connectivity index (χ1n) is 6.97. The highest BCUT2D eigenvalue weighted by Gasteiger charge is 2.13. The molecule has 0 aliphatic rings. The summed E-state index contributed by atoms with van der Waals surface area (Å²) in [4.78, 5) is 12.1. The molecule has 3 nitrogen and oxygen atoms in total. The van der Waals surface area contributed by atoms with E-state index in [9.17, 15) is 4.79 Å². The van der Waals surface area contributed by atoms with Crippen LogP contribution in [0.2, 0.25) is 10.0 Å². The van der Waals surface area contributed by atoms with E-state index in [1.54, 1.807) is 12.1 Å². The van der Waals surface area contributed by atoms with Gasteiger partial charge in [0.05, 0.1) is 6.04 Å². The molecule has 1 atom stereocenters. The molecule has 5 heteroatoms. The molecule has 2 aromatic rings. The molecule has 0 radical (unpaired) electrons. The highest BCUT2D eigenvalue weighted by atomic mass is 35.5. The average Bonchev–Trinajstić information content (AvgIpc) is 2.43. The van der Waals surface area contributed by atoms with Crippen LogP contribution in [-0.4, -0.2) is 6.03 Å². The lowest BCUT2D eigenvalue weighted by Gasteiger charge is -2.17. The third-order valence-electron chi connectivity index (χ3n) is 3.63. The van der Waals surface area contributed by atoms with Crippen LogP contribution in [0.3, 0.4) is 0 Å². The first-order chi connectivity index (χ1) is 10.4. The predicted molar refractivity (Wildman–Crippen MR) is 92.9 cm³/mol. The largest absolute Gasteiger partial charge is 0.331 e. The highest BCUT2D eigenvalue weighted by molar-refractivity contribution is 6.35. The Bertz CT molecular complexity index is 701. The van der Waals surface area contributed by atoms with Gasteiger partial charge in [0, 0.05) is 15.7 Å². The Morgan fingerprint density at radius 1 is 1.14 bits per heavy atom. The first-order valence-corrected chi connectivity index (χ1v) is 7.72. The molecule has 0 fully saturated rings. The van der Waals surface area contributed by atoms with Gasteiger partial charge in [0.1, 0.15) is 0 Å². The summed E-state index contributed by atoms with van der Waals surface area (Å²) in [6, 6.07) is 10.5. The molecule has 0 aliphatic carbocycles. The van der Waals surface area contributed by atoms with Gasteiger partial charge < -0.3 is 10.6 Å². The molecule has 116 valence electrons. The van der Waals surface area contributed by atoms with Gasteiger partial charge in [-0.15, -0.1) is 0 Å². The zero-order valence-corrected chi connectivity index (χ0v) is 14.2. The quantitative estimate of drug-likeness (QED) is 0.764. The van der Waals surface area contributed by atoms with Gasteiger partial charge in [0.15, 0.2) is 0 Å². The number of nitrogens with one attached hydrogen (secondary N) is 2. The summed E-state index contributed by atoms with van der Waals surface area (Å²) in [6.07, 6.45) is 0. The molecule has 2 aromatic carbocycles. The smallest absolute Gasteiger partial charge is 0.319 e. The average molecular weight is 337 g/mol. The van der Waals surface area contributed by atoms with Crippen molar-refractivity contribution in [3.05, 3.63) is 63.1 Å². The number of carbonyl (C=O) groups is 1. The van der Waals surface area contributed by atoms with Crippen molar-refractivity contribution in [1.29, 1.82) is 0 Å². The lowest BCUT2D eigenvalue weighted by Crippen LogP contribution is -2.31. The first kappa shape index (κ1) is 16.7. The second kappa shape index (κ2) is 7.03. The minimum absolute atomic E-state index is 0.227. The molecule has 0 aromatic heterocycles. The zero-order chi connectivity index (χ0) is 16.3. The van der Waals surface area contributed by atoms with Crippen molar-refractivity contribution in [2.45, 2.75) is 26.8 Å². The summed E-state index contributed by atoms with van der Waals surface area (Å²) in [5.41, 5.74) is 3.80.